The summed E-state index contributed by atoms with van der Waals surface area (Å²) in [5, 5.41) is -0.572. The zero-order valence-corrected chi connectivity index (χ0v) is 19.4. The Hall–Kier alpha value is -2.29. The molecular weight excluding hydrogens is 447 g/mol. The van der Waals surface area contributed by atoms with Crippen molar-refractivity contribution in [2.24, 2.45) is 5.92 Å². The Morgan fingerprint density at radius 3 is 2.50 bits per heavy atom. The molecule has 178 valence electrons. The first-order valence-electron chi connectivity index (χ1n) is 10.6. The van der Waals surface area contributed by atoms with Gasteiger partial charge in [0, 0.05) is 18.7 Å². The first-order chi connectivity index (χ1) is 15.0. The highest BCUT2D eigenvalue weighted by molar-refractivity contribution is 6.31. The summed E-state index contributed by atoms with van der Waals surface area (Å²) in [6, 6.07) is 2.09. The number of nitrogens with zero attached hydrogens (tertiary/aromatic N) is 3. The zero-order chi connectivity index (χ0) is 24.2. The number of benzene rings is 1. The van der Waals surface area contributed by atoms with Crippen molar-refractivity contribution >= 4 is 29.8 Å². The van der Waals surface area contributed by atoms with Gasteiger partial charge in [-0.2, -0.15) is 13.2 Å². The average Bonchev–Trinajstić information content (AvgIpc) is 2.73. The molecule has 6 nitrogen and oxygen atoms in total. The van der Waals surface area contributed by atoms with Crippen LogP contribution in [0.25, 0.3) is 0 Å². The third-order valence-electron chi connectivity index (χ3n) is 5.80. The molecule has 1 saturated heterocycles. The van der Waals surface area contributed by atoms with Gasteiger partial charge in [0.25, 0.3) is 5.91 Å². The molecule has 1 aromatic rings. The van der Waals surface area contributed by atoms with Gasteiger partial charge in [-0.05, 0) is 37.5 Å². The second-order valence-corrected chi connectivity index (χ2v) is 8.56. The van der Waals surface area contributed by atoms with Crippen LogP contribution in [0.2, 0.25) is 5.02 Å². The van der Waals surface area contributed by atoms with Crippen LogP contribution in [0.5, 0.6) is 0 Å². The fourth-order valence-electron chi connectivity index (χ4n) is 3.79. The van der Waals surface area contributed by atoms with Gasteiger partial charge in [0.15, 0.2) is 0 Å². The second kappa shape index (κ2) is 10.6. The molecule has 0 N–H and O–H groups in total. The highest BCUT2D eigenvalue weighted by Gasteiger charge is 2.42. The lowest BCUT2D eigenvalue weighted by atomic mass is 10.0. The fraction of sp³-hybridized carbons (Fsp3) is 0.591. The number of alkyl halides is 3. The standard InChI is InChI=1S/C22H29ClF3N3O3/c1-5-9-28(21(32)16-7-8-17(18(23)10-16)22(24,25)26)19-12-27(11-14(3)6-2)20(31)15(4)29(19)13-30/h7-8,10,13-15,19H,5-6,9,11-12H2,1-4H3. The lowest BCUT2D eigenvalue weighted by Gasteiger charge is -2.48. The SMILES string of the molecule is CCCN(C(=O)c1ccc(C(F)(F)F)c(Cl)c1)C1CN(CC(C)CC)C(=O)C(C)N1C=O. The van der Waals surface area contributed by atoms with E-state index in [9.17, 15) is 27.6 Å². The Bertz CT molecular complexity index is 849. The predicted molar refractivity (Wildman–Crippen MR) is 115 cm³/mol. The van der Waals surface area contributed by atoms with E-state index in [0.29, 0.717) is 19.4 Å². The summed E-state index contributed by atoms with van der Waals surface area (Å²) in [7, 11) is 0. The van der Waals surface area contributed by atoms with Gasteiger partial charge in [-0.1, -0.05) is 38.8 Å². The van der Waals surface area contributed by atoms with E-state index in [1.54, 1.807) is 11.8 Å². The van der Waals surface area contributed by atoms with E-state index in [2.05, 4.69) is 0 Å². The minimum absolute atomic E-state index is 0.0136. The molecule has 0 spiro atoms. The number of halogens is 4. The molecule has 3 amide bonds. The van der Waals surface area contributed by atoms with Gasteiger partial charge in [-0.15, -0.1) is 0 Å². The molecule has 0 saturated carbocycles. The minimum atomic E-state index is -4.63. The summed E-state index contributed by atoms with van der Waals surface area (Å²) >= 11 is 5.81. The molecule has 1 aliphatic heterocycles. The van der Waals surface area contributed by atoms with Crippen molar-refractivity contribution in [1.82, 2.24) is 14.7 Å². The van der Waals surface area contributed by atoms with Crippen molar-refractivity contribution in [2.45, 2.75) is 58.9 Å². The second-order valence-electron chi connectivity index (χ2n) is 8.16. The molecule has 0 bridgehead atoms. The lowest BCUT2D eigenvalue weighted by Crippen LogP contribution is -2.66. The van der Waals surface area contributed by atoms with Crippen LogP contribution in [0.3, 0.4) is 0 Å². The molecule has 0 aromatic heterocycles. The minimum Gasteiger partial charge on any atom is -0.337 e. The normalized spacial score (nSPS) is 20.3. The van der Waals surface area contributed by atoms with Crippen molar-refractivity contribution in [2.75, 3.05) is 19.6 Å². The maximum atomic E-state index is 13.3. The van der Waals surface area contributed by atoms with Crippen molar-refractivity contribution in [3.63, 3.8) is 0 Å². The molecule has 3 unspecified atom stereocenters. The molecule has 1 fully saturated rings. The van der Waals surface area contributed by atoms with Crippen molar-refractivity contribution in [3.8, 4) is 0 Å². The molecule has 10 heteroatoms. The number of hydrogen-bond acceptors (Lipinski definition) is 3. The quantitative estimate of drug-likeness (QED) is 0.527. The first-order valence-corrected chi connectivity index (χ1v) is 11.0. The molecule has 1 aromatic carbocycles. The van der Waals surface area contributed by atoms with E-state index in [1.165, 1.54) is 9.80 Å². The molecule has 0 aliphatic carbocycles. The Balaban J connectivity index is 2.41. The van der Waals surface area contributed by atoms with E-state index >= 15 is 0 Å². The lowest BCUT2D eigenvalue weighted by molar-refractivity contribution is -0.155. The summed E-state index contributed by atoms with van der Waals surface area (Å²) < 4.78 is 39.1. The highest BCUT2D eigenvalue weighted by Crippen LogP contribution is 2.35. The topological polar surface area (TPSA) is 60.9 Å². The van der Waals surface area contributed by atoms with Crippen LogP contribution in [0.15, 0.2) is 18.2 Å². The van der Waals surface area contributed by atoms with Crippen LogP contribution in [-0.2, 0) is 15.8 Å². The summed E-state index contributed by atoms with van der Waals surface area (Å²) in [6.07, 6.45) is -3.41. The van der Waals surface area contributed by atoms with Crippen LogP contribution in [0.1, 0.15) is 56.5 Å². The Morgan fingerprint density at radius 1 is 1.34 bits per heavy atom. The van der Waals surface area contributed by atoms with Gasteiger partial charge in [-0.25, -0.2) is 0 Å². The van der Waals surface area contributed by atoms with E-state index in [4.69, 9.17) is 11.6 Å². The number of piperazine rings is 1. The van der Waals surface area contributed by atoms with Gasteiger partial charge >= 0.3 is 6.18 Å². The van der Waals surface area contributed by atoms with Gasteiger partial charge in [0.1, 0.15) is 12.2 Å². The Kier molecular flexibility index (Phi) is 8.56. The van der Waals surface area contributed by atoms with Crippen LogP contribution in [-0.4, -0.2) is 64.8 Å². The summed E-state index contributed by atoms with van der Waals surface area (Å²) in [5.41, 5.74) is -1.04. The smallest absolute Gasteiger partial charge is 0.337 e. The van der Waals surface area contributed by atoms with Crippen LogP contribution >= 0.6 is 11.6 Å². The molecule has 2 rings (SSSR count). The maximum Gasteiger partial charge on any atom is 0.417 e. The predicted octanol–water partition coefficient (Wildman–Crippen LogP) is 4.27. The molecule has 1 aliphatic rings. The van der Waals surface area contributed by atoms with E-state index in [0.717, 1.165) is 24.6 Å². The molecule has 32 heavy (non-hydrogen) atoms. The van der Waals surface area contributed by atoms with Crippen LogP contribution in [0, 0.1) is 5.92 Å². The van der Waals surface area contributed by atoms with Crippen LogP contribution in [0.4, 0.5) is 13.2 Å². The molecule has 1 heterocycles. The summed E-state index contributed by atoms with van der Waals surface area (Å²) in [6.45, 7) is 8.35. The largest absolute Gasteiger partial charge is 0.417 e. The van der Waals surface area contributed by atoms with Crippen molar-refractivity contribution in [3.05, 3.63) is 34.3 Å². The van der Waals surface area contributed by atoms with Crippen LogP contribution < -0.4 is 0 Å². The average molecular weight is 476 g/mol. The Morgan fingerprint density at radius 2 is 2.00 bits per heavy atom. The molecule has 3 atom stereocenters. The monoisotopic (exact) mass is 475 g/mol. The number of rotatable bonds is 8. The number of hydrogen-bond donors (Lipinski definition) is 0. The van der Waals surface area contributed by atoms with E-state index in [1.807, 2.05) is 20.8 Å². The summed E-state index contributed by atoms with van der Waals surface area (Å²) in [4.78, 5) is 42.4. The van der Waals surface area contributed by atoms with Gasteiger partial charge < -0.3 is 14.7 Å². The summed E-state index contributed by atoms with van der Waals surface area (Å²) in [5.74, 6) is -0.516. The fourth-order valence-corrected chi connectivity index (χ4v) is 4.08. The van der Waals surface area contributed by atoms with E-state index < -0.39 is 34.9 Å². The molecular formula is C22H29ClF3N3O3. The third kappa shape index (κ3) is 5.54. The van der Waals surface area contributed by atoms with Crippen molar-refractivity contribution < 1.29 is 27.6 Å². The number of amides is 3. The highest BCUT2D eigenvalue weighted by atomic mass is 35.5. The Labute approximate surface area is 191 Å². The van der Waals surface area contributed by atoms with Gasteiger partial charge in [0.05, 0.1) is 17.1 Å². The first kappa shape index (κ1) is 26.0. The van der Waals surface area contributed by atoms with Gasteiger partial charge in [0.2, 0.25) is 12.3 Å². The third-order valence-corrected chi connectivity index (χ3v) is 6.11. The maximum absolute atomic E-state index is 13.3. The zero-order valence-electron chi connectivity index (χ0n) is 18.7. The van der Waals surface area contributed by atoms with Crippen molar-refractivity contribution in [1.29, 1.82) is 0 Å². The number of carbonyl (C=O) groups is 3. The molecule has 0 radical (unpaired) electrons. The van der Waals surface area contributed by atoms with E-state index in [-0.39, 0.29) is 30.5 Å². The van der Waals surface area contributed by atoms with Gasteiger partial charge in [-0.3, -0.25) is 14.4 Å². The number of carbonyl (C=O) groups excluding carboxylic acids is 3.